The Balaban J connectivity index is 2.04. The van der Waals surface area contributed by atoms with Gasteiger partial charge in [-0.2, -0.15) is 0 Å². The zero-order valence-corrected chi connectivity index (χ0v) is 8.29. The van der Waals surface area contributed by atoms with Crippen LogP contribution >= 0.6 is 0 Å². The van der Waals surface area contributed by atoms with E-state index in [9.17, 15) is 0 Å². The number of imidazole rings is 1. The predicted molar refractivity (Wildman–Crippen MR) is 50.7 cm³/mol. The lowest BCUT2D eigenvalue weighted by atomic mass is 10.2. The van der Waals surface area contributed by atoms with Gasteiger partial charge in [0.05, 0.1) is 24.7 Å². The van der Waals surface area contributed by atoms with Crippen molar-refractivity contribution in [2.45, 2.75) is 39.3 Å². The average Bonchev–Trinajstić information content (AvgIpc) is 2.71. The fourth-order valence-corrected chi connectivity index (χ4v) is 1.74. The first-order chi connectivity index (χ1) is 6.27. The topological polar surface area (TPSA) is 27.1 Å². The lowest BCUT2D eigenvalue weighted by Gasteiger charge is -2.11. The molecule has 3 heteroatoms. The van der Waals surface area contributed by atoms with E-state index < -0.39 is 0 Å². The molecule has 0 saturated carbocycles. The van der Waals surface area contributed by atoms with Crippen LogP contribution in [0.2, 0.25) is 0 Å². The third-order valence-electron chi connectivity index (χ3n) is 2.77. The van der Waals surface area contributed by atoms with E-state index in [-0.39, 0.29) is 0 Å². The van der Waals surface area contributed by atoms with E-state index in [1.54, 1.807) is 0 Å². The number of ether oxygens (including phenoxy) is 1. The zero-order chi connectivity index (χ0) is 9.26. The number of rotatable bonds is 2. The van der Waals surface area contributed by atoms with Gasteiger partial charge in [-0.25, -0.2) is 4.98 Å². The van der Waals surface area contributed by atoms with E-state index >= 15 is 0 Å². The first-order valence-electron chi connectivity index (χ1n) is 4.87. The van der Waals surface area contributed by atoms with Crippen molar-refractivity contribution in [1.29, 1.82) is 0 Å². The summed E-state index contributed by atoms with van der Waals surface area (Å²) in [5, 5.41) is 0. The molecule has 1 aliphatic rings. The molecule has 1 aromatic heterocycles. The van der Waals surface area contributed by atoms with E-state index in [1.807, 2.05) is 13.3 Å². The fourth-order valence-electron chi connectivity index (χ4n) is 1.74. The lowest BCUT2D eigenvalue weighted by molar-refractivity contribution is 0.0965. The van der Waals surface area contributed by atoms with Crippen LogP contribution in [0.25, 0.3) is 0 Å². The molecule has 3 nitrogen and oxygen atoms in total. The molecule has 0 amide bonds. The predicted octanol–water partition coefficient (Wildman–Crippen LogP) is 1.68. The minimum absolute atomic E-state index is 0.410. The Kier molecular flexibility index (Phi) is 2.36. The first kappa shape index (κ1) is 8.75. The Labute approximate surface area is 78.7 Å². The number of hydrogen-bond acceptors (Lipinski definition) is 2. The highest BCUT2D eigenvalue weighted by atomic mass is 16.5. The smallest absolute Gasteiger partial charge is 0.0952 e. The third-order valence-corrected chi connectivity index (χ3v) is 2.77. The molecule has 2 rings (SSSR count). The SMILES string of the molecule is Cc1ncn(CC2CCCO2)c1C. The van der Waals surface area contributed by atoms with Crippen molar-refractivity contribution < 1.29 is 4.74 Å². The van der Waals surface area contributed by atoms with Gasteiger partial charge in [0.2, 0.25) is 0 Å². The summed E-state index contributed by atoms with van der Waals surface area (Å²) in [4.78, 5) is 4.27. The summed E-state index contributed by atoms with van der Waals surface area (Å²) < 4.78 is 7.76. The summed E-state index contributed by atoms with van der Waals surface area (Å²) >= 11 is 0. The maximum absolute atomic E-state index is 5.57. The molecule has 0 radical (unpaired) electrons. The second-order valence-electron chi connectivity index (χ2n) is 3.70. The number of nitrogens with zero attached hydrogens (tertiary/aromatic N) is 2. The summed E-state index contributed by atoms with van der Waals surface area (Å²) in [6, 6.07) is 0. The van der Waals surface area contributed by atoms with Gasteiger partial charge in [-0.1, -0.05) is 0 Å². The molecule has 0 aliphatic carbocycles. The number of aryl methyl sites for hydroxylation is 1. The van der Waals surface area contributed by atoms with Gasteiger partial charge in [0.15, 0.2) is 0 Å². The summed E-state index contributed by atoms with van der Waals surface area (Å²) in [7, 11) is 0. The Morgan fingerprint density at radius 1 is 1.62 bits per heavy atom. The Bertz CT molecular complexity index is 287. The third kappa shape index (κ3) is 1.75. The molecular weight excluding hydrogens is 164 g/mol. The van der Waals surface area contributed by atoms with Crippen molar-refractivity contribution in [3.05, 3.63) is 17.7 Å². The Morgan fingerprint density at radius 3 is 3.00 bits per heavy atom. The van der Waals surface area contributed by atoms with Crippen LogP contribution in [0.3, 0.4) is 0 Å². The Morgan fingerprint density at radius 2 is 2.46 bits per heavy atom. The first-order valence-corrected chi connectivity index (χ1v) is 4.87. The van der Waals surface area contributed by atoms with Crippen molar-refractivity contribution >= 4 is 0 Å². The van der Waals surface area contributed by atoms with E-state index in [2.05, 4.69) is 16.5 Å². The molecule has 1 fully saturated rings. The zero-order valence-electron chi connectivity index (χ0n) is 8.29. The van der Waals surface area contributed by atoms with Gasteiger partial charge >= 0.3 is 0 Å². The summed E-state index contributed by atoms with van der Waals surface area (Å²) in [5.41, 5.74) is 2.38. The van der Waals surface area contributed by atoms with Gasteiger partial charge in [0.1, 0.15) is 0 Å². The second kappa shape index (κ2) is 3.50. The van der Waals surface area contributed by atoms with E-state index in [0.717, 1.165) is 18.8 Å². The summed E-state index contributed by atoms with van der Waals surface area (Å²) in [6.07, 6.45) is 4.72. The standard InChI is InChI=1S/C10H16N2O/c1-8-9(2)12(7-11-8)6-10-4-3-5-13-10/h7,10H,3-6H2,1-2H3. The van der Waals surface area contributed by atoms with Crippen molar-refractivity contribution in [2.24, 2.45) is 0 Å². The summed E-state index contributed by atoms with van der Waals surface area (Å²) in [6.45, 7) is 6.04. The highest BCUT2D eigenvalue weighted by molar-refractivity contribution is 5.08. The van der Waals surface area contributed by atoms with Gasteiger partial charge < -0.3 is 9.30 Å². The van der Waals surface area contributed by atoms with Gasteiger partial charge in [0, 0.05) is 12.3 Å². The molecule has 13 heavy (non-hydrogen) atoms. The maximum Gasteiger partial charge on any atom is 0.0952 e. The second-order valence-corrected chi connectivity index (χ2v) is 3.70. The van der Waals surface area contributed by atoms with Crippen LogP contribution in [0.15, 0.2) is 6.33 Å². The molecule has 0 N–H and O–H groups in total. The van der Waals surface area contributed by atoms with Gasteiger partial charge in [-0.05, 0) is 26.7 Å². The average molecular weight is 180 g/mol. The van der Waals surface area contributed by atoms with Crippen LogP contribution in [0, 0.1) is 13.8 Å². The van der Waals surface area contributed by atoms with Gasteiger partial charge in [-0.3, -0.25) is 0 Å². The van der Waals surface area contributed by atoms with Crippen LogP contribution in [0.4, 0.5) is 0 Å². The summed E-state index contributed by atoms with van der Waals surface area (Å²) in [5.74, 6) is 0. The quantitative estimate of drug-likeness (QED) is 0.692. The normalized spacial score (nSPS) is 22.5. The van der Waals surface area contributed by atoms with Crippen LogP contribution < -0.4 is 0 Å². The van der Waals surface area contributed by atoms with Crippen LogP contribution in [-0.2, 0) is 11.3 Å². The molecule has 0 aromatic carbocycles. The number of aromatic nitrogens is 2. The van der Waals surface area contributed by atoms with Crippen LogP contribution in [-0.4, -0.2) is 22.3 Å². The molecular formula is C10H16N2O. The largest absolute Gasteiger partial charge is 0.376 e. The molecule has 1 saturated heterocycles. The van der Waals surface area contributed by atoms with Crippen molar-refractivity contribution in [2.75, 3.05) is 6.61 Å². The molecule has 1 aliphatic heterocycles. The van der Waals surface area contributed by atoms with E-state index in [1.165, 1.54) is 18.5 Å². The monoisotopic (exact) mass is 180 g/mol. The fraction of sp³-hybridized carbons (Fsp3) is 0.700. The lowest BCUT2D eigenvalue weighted by Crippen LogP contribution is -2.15. The Hall–Kier alpha value is -0.830. The van der Waals surface area contributed by atoms with Crippen molar-refractivity contribution in [3.63, 3.8) is 0 Å². The van der Waals surface area contributed by atoms with Gasteiger partial charge in [0.25, 0.3) is 0 Å². The van der Waals surface area contributed by atoms with E-state index in [0.29, 0.717) is 6.10 Å². The van der Waals surface area contributed by atoms with Crippen LogP contribution in [0.5, 0.6) is 0 Å². The minimum atomic E-state index is 0.410. The highest BCUT2D eigenvalue weighted by Gasteiger charge is 2.16. The van der Waals surface area contributed by atoms with Crippen LogP contribution in [0.1, 0.15) is 24.2 Å². The molecule has 1 aromatic rings. The minimum Gasteiger partial charge on any atom is -0.376 e. The highest BCUT2D eigenvalue weighted by Crippen LogP contribution is 2.15. The molecule has 2 heterocycles. The van der Waals surface area contributed by atoms with Gasteiger partial charge in [-0.15, -0.1) is 0 Å². The molecule has 0 spiro atoms. The number of hydrogen-bond donors (Lipinski definition) is 0. The molecule has 1 unspecified atom stereocenters. The molecule has 72 valence electrons. The van der Waals surface area contributed by atoms with Crippen molar-refractivity contribution in [1.82, 2.24) is 9.55 Å². The van der Waals surface area contributed by atoms with E-state index in [4.69, 9.17) is 4.74 Å². The molecule has 1 atom stereocenters. The maximum atomic E-state index is 5.57. The van der Waals surface area contributed by atoms with Crippen molar-refractivity contribution in [3.8, 4) is 0 Å². The molecule has 0 bridgehead atoms.